The van der Waals surface area contributed by atoms with Gasteiger partial charge in [-0.05, 0) is 42.5 Å². The van der Waals surface area contributed by atoms with Crippen LogP contribution in [0.1, 0.15) is 0 Å². The monoisotopic (exact) mass is 424 g/mol. The second-order valence-corrected chi connectivity index (χ2v) is 6.71. The van der Waals surface area contributed by atoms with Crippen LogP contribution in [-0.4, -0.2) is 19.8 Å². The number of rotatable bonds is 5. The van der Waals surface area contributed by atoms with E-state index in [-0.39, 0.29) is 12.4 Å². The van der Waals surface area contributed by atoms with Crippen molar-refractivity contribution in [2.24, 2.45) is 0 Å². The molecule has 27 heavy (non-hydrogen) atoms. The van der Waals surface area contributed by atoms with Crippen LogP contribution in [0, 0.1) is 0 Å². The first-order chi connectivity index (χ1) is 13.0. The normalized spacial score (nSPS) is 13.9. The predicted octanol–water partition coefficient (Wildman–Crippen LogP) is 5.45. The standard InChI is InChI=1S/C19H15Cl3N2O3/c1-26-19(25)18-16(9-10-23-13-7-5-12(20)6-8-13)27-11-24(18)17-14(21)3-2-4-15(17)22/h2-10,23H,11H2,1H3. The number of carbonyl (C=O) groups is 1. The fourth-order valence-corrected chi connectivity index (χ4v) is 3.24. The van der Waals surface area contributed by atoms with Gasteiger partial charge in [-0.25, -0.2) is 4.79 Å². The van der Waals surface area contributed by atoms with Crippen molar-refractivity contribution < 1.29 is 14.3 Å². The lowest BCUT2D eigenvalue weighted by molar-refractivity contribution is -0.136. The van der Waals surface area contributed by atoms with Crippen molar-refractivity contribution in [3.8, 4) is 0 Å². The van der Waals surface area contributed by atoms with Gasteiger partial charge in [-0.1, -0.05) is 40.9 Å². The Morgan fingerprint density at radius 1 is 1.15 bits per heavy atom. The molecule has 0 aromatic heterocycles. The summed E-state index contributed by atoms with van der Waals surface area (Å²) in [5, 5.41) is 4.52. The highest BCUT2D eigenvalue weighted by molar-refractivity contribution is 6.39. The van der Waals surface area contributed by atoms with Crippen molar-refractivity contribution in [1.29, 1.82) is 0 Å². The smallest absolute Gasteiger partial charge is 0.358 e. The number of nitrogens with zero attached hydrogens (tertiary/aromatic N) is 1. The van der Waals surface area contributed by atoms with Gasteiger partial charge in [0.05, 0.1) is 22.8 Å². The van der Waals surface area contributed by atoms with Gasteiger partial charge >= 0.3 is 5.97 Å². The number of methoxy groups -OCH3 is 1. The summed E-state index contributed by atoms with van der Waals surface area (Å²) in [6.45, 7) is 0.0779. The summed E-state index contributed by atoms with van der Waals surface area (Å²) in [7, 11) is 1.30. The number of nitrogens with one attached hydrogen (secondary N) is 1. The number of hydrogen-bond acceptors (Lipinski definition) is 5. The van der Waals surface area contributed by atoms with Gasteiger partial charge in [0.25, 0.3) is 0 Å². The Morgan fingerprint density at radius 2 is 1.81 bits per heavy atom. The minimum atomic E-state index is -0.561. The lowest BCUT2D eigenvalue weighted by atomic mass is 10.2. The maximum Gasteiger partial charge on any atom is 0.358 e. The number of carbonyl (C=O) groups excluding carboxylic acids is 1. The molecule has 0 atom stereocenters. The molecule has 0 radical (unpaired) electrons. The molecule has 0 aliphatic carbocycles. The summed E-state index contributed by atoms with van der Waals surface area (Å²) in [6, 6.07) is 12.3. The number of hydrogen-bond donors (Lipinski definition) is 1. The molecule has 5 nitrogen and oxygen atoms in total. The molecule has 2 aromatic carbocycles. The molecular formula is C19H15Cl3N2O3. The minimum absolute atomic E-state index is 0.0779. The van der Waals surface area contributed by atoms with E-state index in [4.69, 9.17) is 44.3 Å². The highest BCUT2D eigenvalue weighted by Gasteiger charge is 2.32. The third kappa shape index (κ3) is 4.33. The van der Waals surface area contributed by atoms with E-state index < -0.39 is 5.97 Å². The Bertz CT molecular complexity index is 891. The molecule has 0 saturated heterocycles. The van der Waals surface area contributed by atoms with E-state index in [2.05, 4.69) is 5.32 Å². The zero-order chi connectivity index (χ0) is 19.4. The summed E-state index contributed by atoms with van der Waals surface area (Å²) < 4.78 is 10.6. The summed E-state index contributed by atoms with van der Waals surface area (Å²) in [5.74, 6) is -0.228. The van der Waals surface area contributed by atoms with Crippen molar-refractivity contribution in [3.05, 3.63) is 81.3 Å². The van der Waals surface area contributed by atoms with E-state index in [9.17, 15) is 4.79 Å². The van der Waals surface area contributed by atoms with Crippen molar-refractivity contribution >= 4 is 52.1 Å². The molecule has 0 spiro atoms. The Hall–Kier alpha value is -2.34. The lowest BCUT2D eigenvalue weighted by Crippen LogP contribution is -2.25. The van der Waals surface area contributed by atoms with Gasteiger partial charge in [-0.15, -0.1) is 0 Å². The Morgan fingerprint density at radius 3 is 2.44 bits per heavy atom. The van der Waals surface area contributed by atoms with Gasteiger partial charge in [-0.2, -0.15) is 0 Å². The summed E-state index contributed by atoms with van der Waals surface area (Å²) in [5.41, 5.74) is 1.52. The van der Waals surface area contributed by atoms with Crippen molar-refractivity contribution in [3.63, 3.8) is 0 Å². The van der Waals surface area contributed by atoms with Gasteiger partial charge in [-0.3, -0.25) is 4.90 Å². The van der Waals surface area contributed by atoms with E-state index in [1.165, 1.54) is 7.11 Å². The molecule has 0 fully saturated rings. The quantitative estimate of drug-likeness (QED) is 0.645. The number of anilines is 2. The fourth-order valence-electron chi connectivity index (χ4n) is 2.52. The largest absolute Gasteiger partial charge is 0.470 e. The van der Waals surface area contributed by atoms with Gasteiger partial charge in [0.2, 0.25) is 0 Å². The van der Waals surface area contributed by atoms with E-state index in [1.54, 1.807) is 47.5 Å². The van der Waals surface area contributed by atoms with Crippen LogP contribution in [0.5, 0.6) is 0 Å². The second kappa shape index (κ2) is 8.57. The summed E-state index contributed by atoms with van der Waals surface area (Å²) >= 11 is 18.4. The van der Waals surface area contributed by atoms with Crippen LogP contribution in [0.25, 0.3) is 0 Å². The van der Waals surface area contributed by atoms with E-state index in [1.807, 2.05) is 12.1 Å². The van der Waals surface area contributed by atoms with Crippen molar-refractivity contribution in [2.75, 3.05) is 24.1 Å². The average molecular weight is 426 g/mol. The first-order valence-electron chi connectivity index (χ1n) is 7.87. The number of esters is 1. The van der Waals surface area contributed by atoms with Crippen molar-refractivity contribution in [1.82, 2.24) is 0 Å². The topological polar surface area (TPSA) is 50.8 Å². The molecule has 2 aromatic rings. The molecule has 0 bridgehead atoms. The predicted molar refractivity (Wildman–Crippen MR) is 108 cm³/mol. The SMILES string of the molecule is COC(=O)C1=C(C=CNc2ccc(Cl)cc2)OCN1c1c(Cl)cccc1Cl. The molecule has 1 aliphatic rings. The van der Waals surface area contributed by atoms with Crippen LogP contribution in [-0.2, 0) is 14.3 Å². The summed E-state index contributed by atoms with van der Waals surface area (Å²) in [4.78, 5) is 13.9. The molecular weight excluding hydrogens is 411 g/mol. The number of ether oxygens (including phenoxy) is 2. The fraction of sp³-hybridized carbons (Fsp3) is 0.105. The number of halogens is 3. The first kappa shape index (κ1) is 19.4. The average Bonchev–Trinajstić information content (AvgIpc) is 3.06. The van der Waals surface area contributed by atoms with E-state index >= 15 is 0 Å². The molecule has 1 aliphatic heterocycles. The maximum atomic E-state index is 12.3. The van der Waals surface area contributed by atoms with Crippen molar-refractivity contribution in [2.45, 2.75) is 0 Å². The summed E-state index contributed by atoms with van der Waals surface area (Å²) in [6.07, 6.45) is 3.28. The molecule has 1 heterocycles. The molecule has 140 valence electrons. The van der Waals surface area contributed by atoms with Crippen LogP contribution >= 0.6 is 34.8 Å². The van der Waals surface area contributed by atoms with Crippen LogP contribution in [0.3, 0.4) is 0 Å². The van der Waals surface area contributed by atoms with Crippen LogP contribution in [0.2, 0.25) is 15.1 Å². The van der Waals surface area contributed by atoms with Crippen LogP contribution in [0.4, 0.5) is 11.4 Å². The number of benzene rings is 2. The second-order valence-electron chi connectivity index (χ2n) is 5.46. The Labute approximate surface area is 171 Å². The van der Waals surface area contributed by atoms with Crippen LogP contribution in [0.15, 0.2) is 66.2 Å². The van der Waals surface area contributed by atoms with Gasteiger partial charge < -0.3 is 14.8 Å². The highest BCUT2D eigenvalue weighted by atomic mass is 35.5. The third-order valence-corrected chi connectivity index (χ3v) is 4.63. The first-order valence-corrected chi connectivity index (χ1v) is 9.00. The highest BCUT2D eigenvalue weighted by Crippen LogP contribution is 2.39. The van der Waals surface area contributed by atoms with Gasteiger partial charge in [0.15, 0.2) is 18.2 Å². The molecule has 0 unspecified atom stereocenters. The number of allylic oxidation sites excluding steroid dienone is 1. The van der Waals surface area contributed by atoms with Gasteiger partial charge in [0, 0.05) is 16.9 Å². The lowest BCUT2D eigenvalue weighted by Gasteiger charge is -2.20. The third-order valence-electron chi connectivity index (χ3n) is 3.77. The zero-order valence-electron chi connectivity index (χ0n) is 14.2. The molecule has 1 N–H and O–H groups in total. The zero-order valence-corrected chi connectivity index (χ0v) is 16.5. The minimum Gasteiger partial charge on any atom is -0.470 e. The molecule has 0 saturated carbocycles. The Kier molecular flexibility index (Phi) is 6.16. The molecule has 8 heteroatoms. The molecule has 0 amide bonds. The van der Waals surface area contributed by atoms with E-state index in [0.717, 1.165) is 5.69 Å². The van der Waals surface area contributed by atoms with Crippen LogP contribution < -0.4 is 10.2 Å². The molecule has 3 rings (SSSR count). The van der Waals surface area contributed by atoms with E-state index in [0.29, 0.717) is 26.5 Å². The Balaban J connectivity index is 1.90. The van der Waals surface area contributed by atoms with Gasteiger partial charge in [0.1, 0.15) is 0 Å². The maximum absolute atomic E-state index is 12.3. The number of para-hydroxylation sites is 1.